The monoisotopic (exact) mass is 260 g/mol. The first-order chi connectivity index (χ1) is 8.97. The summed E-state index contributed by atoms with van der Waals surface area (Å²) in [6.45, 7) is 12.9. The fourth-order valence-corrected chi connectivity index (χ4v) is 2.38. The molecule has 0 aliphatic rings. The van der Waals surface area contributed by atoms with Crippen molar-refractivity contribution < 1.29 is 14.7 Å². The number of hydrogen-bond acceptors (Lipinski definition) is 2. The van der Waals surface area contributed by atoms with Gasteiger partial charge >= 0.3 is 0 Å². The van der Waals surface area contributed by atoms with Gasteiger partial charge in [0.2, 0.25) is 0 Å². The van der Waals surface area contributed by atoms with Gasteiger partial charge in [0.05, 0.1) is 6.54 Å². The Morgan fingerprint density at radius 2 is 1.58 bits per heavy atom. The Morgan fingerprint density at radius 3 is 2.00 bits per heavy atom. The van der Waals surface area contributed by atoms with Gasteiger partial charge in [0, 0.05) is 5.56 Å². The number of rotatable bonds is 8. The zero-order valence-corrected chi connectivity index (χ0v) is 11.3. The van der Waals surface area contributed by atoms with Crippen LogP contribution in [-0.4, -0.2) is 34.3 Å². The molecular weight excluding hydrogens is 238 g/mol. The Labute approximate surface area is 115 Å². The van der Waals surface area contributed by atoms with E-state index >= 15 is 0 Å². The Balaban J connectivity index is 3.02. The summed E-state index contributed by atoms with van der Waals surface area (Å²) in [6, 6.07) is 9.95. The van der Waals surface area contributed by atoms with Crippen molar-refractivity contribution in [3.05, 3.63) is 73.2 Å². The Kier molecular flexibility index (Phi) is 5.39. The molecule has 0 atom stereocenters. The highest BCUT2D eigenvalue weighted by Gasteiger charge is 2.28. The number of quaternary nitrogens is 1. The number of nitrogens with zero attached hydrogens (tertiary/aromatic N) is 1. The summed E-state index contributed by atoms with van der Waals surface area (Å²) in [5.74, 6) is 0.193. The largest absolute Gasteiger partial charge is 0.507 e. The van der Waals surface area contributed by atoms with Gasteiger partial charge in [-0.15, -0.1) is 0 Å². The maximum Gasteiger partial charge on any atom is 0.140 e. The normalized spacial score (nSPS) is 10.9. The van der Waals surface area contributed by atoms with Crippen LogP contribution in [0.5, 0.6) is 0 Å². The topological polar surface area (TPSA) is 40.5 Å². The lowest BCUT2D eigenvalue weighted by atomic mass is 10.1. The molecule has 0 fully saturated rings. The fraction of sp³-hybridized carbons (Fsp3) is 0.250. The van der Waals surface area contributed by atoms with Crippen LogP contribution < -0.4 is 0 Å². The van der Waals surface area contributed by atoms with Gasteiger partial charge in [0.25, 0.3) is 0 Å². The van der Waals surface area contributed by atoms with Crippen molar-refractivity contribution in [1.29, 1.82) is 0 Å². The van der Waals surface area contributed by atoms with Gasteiger partial charge in [-0.2, -0.15) is 0 Å². The van der Waals surface area contributed by atoms with Gasteiger partial charge in [-0.25, -0.2) is 0 Å². The van der Waals surface area contributed by atoms with Crippen LogP contribution in [0.4, 0.5) is 0 Å². The predicted octanol–water partition coefficient (Wildman–Crippen LogP) is 3.33. The fourth-order valence-electron chi connectivity index (χ4n) is 2.38. The van der Waals surface area contributed by atoms with Crippen molar-refractivity contribution in [2.45, 2.75) is 6.54 Å². The second-order valence-electron chi connectivity index (χ2n) is 4.91. The van der Waals surface area contributed by atoms with E-state index in [0.717, 1.165) is 5.56 Å². The van der Waals surface area contributed by atoms with Crippen molar-refractivity contribution in [2.75, 3.05) is 19.6 Å². The molecule has 0 unspecified atom stereocenters. The molecule has 0 bridgehead atoms. The standard InChI is InChI=1S/C16H21NO2/c1-4-10-17(11-14(2)18,12-15(3)19)13-16-8-6-5-7-9-16/h4-9H,1-3,10-13H2,(H-,18,19)/p+1. The summed E-state index contributed by atoms with van der Waals surface area (Å²) >= 11 is 0. The summed E-state index contributed by atoms with van der Waals surface area (Å²) in [5.41, 5.74) is 1.13. The molecule has 0 amide bonds. The van der Waals surface area contributed by atoms with Gasteiger partial charge in [-0.05, 0) is 6.08 Å². The Bertz CT molecular complexity index is 435. The van der Waals surface area contributed by atoms with Gasteiger partial charge in [0.1, 0.15) is 31.2 Å². The molecule has 0 aliphatic carbocycles. The molecule has 3 nitrogen and oxygen atoms in total. The van der Waals surface area contributed by atoms with E-state index in [0.29, 0.717) is 30.7 Å². The van der Waals surface area contributed by atoms with E-state index in [2.05, 4.69) is 19.7 Å². The third-order valence-electron chi connectivity index (χ3n) is 2.91. The molecule has 102 valence electrons. The minimum absolute atomic E-state index is 0.0963. The molecule has 0 saturated carbocycles. The highest BCUT2D eigenvalue weighted by molar-refractivity contribution is 5.13. The molecule has 0 radical (unpaired) electrons. The lowest BCUT2D eigenvalue weighted by Gasteiger charge is -2.37. The zero-order valence-electron chi connectivity index (χ0n) is 11.3. The molecule has 19 heavy (non-hydrogen) atoms. The van der Waals surface area contributed by atoms with E-state index in [1.165, 1.54) is 0 Å². The summed E-state index contributed by atoms with van der Waals surface area (Å²) in [5, 5.41) is 19.1. The van der Waals surface area contributed by atoms with Gasteiger partial charge in [0.15, 0.2) is 0 Å². The van der Waals surface area contributed by atoms with Crippen LogP contribution in [-0.2, 0) is 6.54 Å². The minimum Gasteiger partial charge on any atom is -0.507 e. The van der Waals surface area contributed by atoms with Crippen molar-refractivity contribution in [3.63, 3.8) is 0 Å². The maximum absolute atomic E-state index is 9.55. The number of hydrogen-bond donors (Lipinski definition) is 2. The average Bonchev–Trinajstić information content (AvgIpc) is 2.28. The maximum atomic E-state index is 9.55. The van der Waals surface area contributed by atoms with Crippen LogP contribution in [0.15, 0.2) is 67.7 Å². The molecule has 0 aliphatic heterocycles. The summed E-state index contributed by atoms with van der Waals surface area (Å²) in [4.78, 5) is 0. The number of aliphatic hydroxyl groups excluding tert-OH is 2. The predicted molar refractivity (Wildman–Crippen MR) is 78.7 cm³/mol. The minimum atomic E-state index is 0.0963. The second-order valence-corrected chi connectivity index (χ2v) is 4.91. The zero-order chi connectivity index (χ0) is 14.3. The molecule has 3 heteroatoms. The van der Waals surface area contributed by atoms with Gasteiger partial charge < -0.3 is 14.7 Å². The smallest absolute Gasteiger partial charge is 0.140 e. The van der Waals surface area contributed by atoms with E-state index in [1.54, 1.807) is 6.08 Å². The summed E-state index contributed by atoms with van der Waals surface area (Å²) in [7, 11) is 0. The van der Waals surface area contributed by atoms with Crippen LogP contribution in [0.2, 0.25) is 0 Å². The molecule has 1 aromatic carbocycles. The molecule has 0 spiro atoms. The second kappa shape index (κ2) is 6.81. The first kappa shape index (κ1) is 15.1. The highest BCUT2D eigenvalue weighted by atomic mass is 16.3. The first-order valence-corrected chi connectivity index (χ1v) is 6.21. The van der Waals surface area contributed by atoms with Crippen LogP contribution in [0.25, 0.3) is 0 Å². The van der Waals surface area contributed by atoms with Crippen molar-refractivity contribution in [3.8, 4) is 0 Å². The third kappa shape index (κ3) is 5.02. The number of benzene rings is 1. The van der Waals surface area contributed by atoms with Crippen LogP contribution in [0.3, 0.4) is 0 Å². The van der Waals surface area contributed by atoms with E-state index < -0.39 is 0 Å². The Morgan fingerprint density at radius 1 is 1.05 bits per heavy atom. The SMILES string of the molecule is C=CC[N+](CC(=C)O)(CC(=C)O)Cc1ccccc1. The number of aliphatic hydroxyl groups is 2. The average molecular weight is 260 g/mol. The van der Waals surface area contributed by atoms with E-state index in [1.807, 2.05) is 30.3 Å². The highest BCUT2D eigenvalue weighted by Crippen LogP contribution is 2.18. The van der Waals surface area contributed by atoms with Crippen LogP contribution >= 0.6 is 0 Å². The third-order valence-corrected chi connectivity index (χ3v) is 2.91. The molecule has 1 aromatic rings. The molecule has 0 aromatic heterocycles. The lowest BCUT2D eigenvalue weighted by Crippen LogP contribution is -2.49. The van der Waals surface area contributed by atoms with Crippen molar-refractivity contribution in [2.24, 2.45) is 0 Å². The quantitative estimate of drug-likeness (QED) is 0.427. The Hall–Kier alpha value is -2.00. The molecule has 0 saturated heterocycles. The molecule has 1 rings (SSSR count). The van der Waals surface area contributed by atoms with Crippen LogP contribution in [0.1, 0.15) is 5.56 Å². The van der Waals surface area contributed by atoms with E-state index in [9.17, 15) is 10.2 Å². The molecular formula is C16H22NO2+. The summed E-state index contributed by atoms with van der Waals surface area (Å²) in [6.07, 6.45) is 1.79. The van der Waals surface area contributed by atoms with Gasteiger partial charge in [-0.3, -0.25) is 0 Å². The van der Waals surface area contributed by atoms with E-state index in [-0.39, 0.29) is 11.5 Å². The summed E-state index contributed by atoms with van der Waals surface area (Å²) < 4.78 is 0.429. The van der Waals surface area contributed by atoms with Gasteiger partial charge in [-0.1, -0.05) is 50.1 Å². The van der Waals surface area contributed by atoms with Crippen molar-refractivity contribution in [1.82, 2.24) is 0 Å². The van der Waals surface area contributed by atoms with Crippen molar-refractivity contribution >= 4 is 0 Å². The molecule has 2 N–H and O–H groups in total. The first-order valence-electron chi connectivity index (χ1n) is 6.21. The van der Waals surface area contributed by atoms with E-state index in [4.69, 9.17) is 0 Å². The van der Waals surface area contributed by atoms with Crippen LogP contribution in [0, 0.1) is 0 Å². The lowest BCUT2D eigenvalue weighted by molar-refractivity contribution is -0.929. The molecule has 0 heterocycles.